The molecule has 8 rings (SSSR count). The second-order valence-electron chi connectivity index (χ2n) is 9.81. The molecule has 3 N–H and O–H groups in total. The summed E-state index contributed by atoms with van der Waals surface area (Å²) in [4.78, 5) is 21.0. The number of nitrogen functional groups attached to an aromatic ring is 1. The van der Waals surface area contributed by atoms with Crippen LogP contribution in [-0.4, -0.2) is 39.9 Å². The first-order chi connectivity index (χ1) is 19.0. The van der Waals surface area contributed by atoms with E-state index in [1.807, 2.05) is 6.07 Å². The first kappa shape index (κ1) is 22.2. The topological polar surface area (TPSA) is 146 Å². The molecule has 1 fully saturated rings. The Labute approximate surface area is 223 Å². The minimum atomic E-state index is -0.586. The first-order valence-electron chi connectivity index (χ1n) is 12.2. The van der Waals surface area contributed by atoms with Crippen LogP contribution < -0.4 is 11.3 Å². The molecule has 0 amide bonds. The number of imidazole rings is 1. The van der Waals surface area contributed by atoms with Crippen LogP contribution in [0.5, 0.6) is 0 Å². The molecule has 5 heterocycles. The van der Waals surface area contributed by atoms with Gasteiger partial charge >= 0.3 is 0 Å². The number of aromatic amines is 1. The zero-order valence-corrected chi connectivity index (χ0v) is 20.7. The third-order valence-electron chi connectivity index (χ3n) is 7.60. The smallest absolute Gasteiger partial charge is 0.252 e. The standard InChI is InChI=1S/C26H17ClFN9O2/c27-13-2-4-18(36-10-30-34-35-36)15(8-13)12-5-19-16-9-17(16)23(37(19)21(38)7-12)26-31-22(24(28)32-26)11-1-3-14-20(6-11)39-33-25(14)29/h1-8,10,16-17,23H,9H2,(H2,29,33)(H,31,32). The number of anilines is 1. The number of fused-ring (bicyclic) bond motifs is 4. The van der Waals surface area contributed by atoms with Crippen molar-refractivity contribution in [2.24, 2.45) is 5.92 Å². The molecule has 0 spiro atoms. The summed E-state index contributed by atoms with van der Waals surface area (Å²) in [5, 5.41) is 16.3. The van der Waals surface area contributed by atoms with Crippen LogP contribution in [0.4, 0.5) is 10.2 Å². The maximum atomic E-state index is 15.2. The number of pyridine rings is 1. The Morgan fingerprint density at radius 2 is 2.03 bits per heavy atom. The third kappa shape index (κ3) is 3.27. The third-order valence-corrected chi connectivity index (χ3v) is 7.83. The lowest BCUT2D eigenvalue weighted by Gasteiger charge is -2.17. The molecule has 11 nitrogen and oxygen atoms in total. The van der Waals surface area contributed by atoms with Gasteiger partial charge in [-0.15, -0.1) is 5.10 Å². The van der Waals surface area contributed by atoms with Gasteiger partial charge in [-0.05, 0) is 64.7 Å². The van der Waals surface area contributed by atoms with Crippen LogP contribution in [0.1, 0.15) is 29.9 Å². The monoisotopic (exact) mass is 541 g/mol. The van der Waals surface area contributed by atoms with Gasteiger partial charge in [0.1, 0.15) is 17.8 Å². The highest BCUT2D eigenvalue weighted by atomic mass is 35.5. The number of hydrogen-bond donors (Lipinski definition) is 2. The minimum Gasteiger partial charge on any atom is -0.380 e. The SMILES string of the molecule is Nc1noc2cc(-c3nc(C4C5CC5c5cc(-c6cc(Cl)ccc6-n6cnnn6)cc(=O)n54)[nH]c3F)ccc12. The van der Waals surface area contributed by atoms with E-state index in [-0.39, 0.29) is 28.9 Å². The molecule has 0 bridgehead atoms. The summed E-state index contributed by atoms with van der Waals surface area (Å²) >= 11 is 6.32. The van der Waals surface area contributed by atoms with E-state index in [9.17, 15) is 4.79 Å². The molecule has 2 aromatic carbocycles. The van der Waals surface area contributed by atoms with Gasteiger partial charge < -0.3 is 19.8 Å². The summed E-state index contributed by atoms with van der Waals surface area (Å²) in [6.45, 7) is 0. The number of rotatable bonds is 4. The zero-order chi connectivity index (χ0) is 26.4. The molecule has 192 valence electrons. The largest absolute Gasteiger partial charge is 0.380 e. The van der Waals surface area contributed by atoms with Gasteiger partial charge in [-0.2, -0.15) is 9.07 Å². The number of halogens is 2. The predicted octanol–water partition coefficient (Wildman–Crippen LogP) is 4.10. The van der Waals surface area contributed by atoms with Gasteiger partial charge in [0.25, 0.3) is 5.56 Å². The number of nitrogens with one attached hydrogen (secondary N) is 1. The summed E-state index contributed by atoms with van der Waals surface area (Å²) in [6, 6.07) is 13.6. The maximum Gasteiger partial charge on any atom is 0.252 e. The van der Waals surface area contributed by atoms with E-state index >= 15 is 4.39 Å². The van der Waals surface area contributed by atoms with E-state index in [0.717, 1.165) is 17.7 Å². The molecule has 3 atom stereocenters. The Bertz CT molecular complexity index is 1990. The number of benzene rings is 2. The lowest BCUT2D eigenvalue weighted by Crippen LogP contribution is -2.26. The molecule has 13 heteroatoms. The van der Waals surface area contributed by atoms with Gasteiger partial charge in [-0.25, -0.2) is 4.98 Å². The Kier molecular flexibility index (Phi) is 4.45. The van der Waals surface area contributed by atoms with E-state index in [0.29, 0.717) is 38.6 Å². The van der Waals surface area contributed by atoms with E-state index < -0.39 is 12.0 Å². The molecular formula is C26H17ClFN9O2. The predicted molar refractivity (Wildman–Crippen MR) is 139 cm³/mol. The van der Waals surface area contributed by atoms with Gasteiger partial charge in [0.05, 0.1) is 17.1 Å². The fraction of sp³-hybridized carbons (Fsp3) is 0.154. The van der Waals surface area contributed by atoms with Crippen LogP contribution in [0.25, 0.3) is 39.0 Å². The van der Waals surface area contributed by atoms with Crippen LogP contribution in [-0.2, 0) is 0 Å². The number of H-pyrrole nitrogens is 1. The summed E-state index contributed by atoms with van der Waals surface area (Å²) < 4.78 is 23.6. The molecule has 1 aliphatic heterocycles. The van der Waals surface area contributed by atoms with E-state index in [1.165, 1.54) is 11.0 Å². The van der Waals surface area contributed by atoms with Crippen LogP contribution >= 0.6 is 11.6 Å². The number of hydrogen-bond acceptors (Lipinski definition) is 8. The van der Waals surface area contributed by atoms with Crippen LogP contribution in [0, 0.1) is 11.9 Å². The minimum absolute atomic E-state index is 0.140. The van der Waals surface area contributed by atoms with Crippen molar-refractivity contribution in [2.75, 3.05) is 5.73 Å². The van der Waals surface area contributed by atoms with Crippen molar-refractivity contribution in [3.8, 4) is 28.1 Å². The van der Waals surface area contributed by atoms with Gasteiger partial charge in [-0.1, -0.05) is 22.8 Å². The molecule has 4 aromatic heterocycles. The Morgan fingerprint density at radius 1 is 1.13 bits per heavy atom. The first-order valence-corrected chi connectivity index (χ1v) is 12.5. The molecule has 0 saturated heterocycles. The van der Waals surface area contributed by atoms with E-state index in [2.05, 4.69) is 30.7 Å². The highest BCUT2D eigenvalue weighted by Crippen LogP contribution is 2.60. The zero-order valence-electron chi connectivity index (χ0n) is 19.9. The van der Waals surface area contributed by atoms with Crippen LogP contribution in [0.15, 0.2) is 64.2 Å². The highest BCUT2D eigenvalue weighted by Gasteiger charge is 2.54. The van der Waals surface area contributed by atoms with Crippen molar-refractivity contribution in [1.82, 2.24) is 39.9 Å². The summed E-state index contributed by atoms with van der Waals surface area (Å²) in [7, 11) is 0. The average molecular weight is 542 g/mol. The summed E-state index contributed by atoms with van der Waals surface area (Å²) in [5.41, 5.74) is 9.69. The number of aromatic nitrogens is 8. The Hall–Kier alpha value is -4.84. The fourth-order valence-electron chi connectivity index (χ4n) is 5.78. The van der Waals surface area contributed by atoms with E-state index in [4.69, 9.17) is 21.9 Å². The molecule has 2 aliphatic rings. The second-order valence-corrected chi connectivity index (χ2v) is 10.2. The number of tetrazole rings is 1. The molecule has 1 aliphatic carbocycles. The van der Waals surface area contributed by atoms with Crippen molar-refractivity contribution < 1.29 is 8.91 Å². The number of nitrogens with two attached hydrogens (primary N) is 1. The second kappa shape index (κ2) is 7.84. The summed E-state index contributed by atoms with van der Waals surface area (Å²) in [6.07, 6.45) is 2.36. The molecule has 3 unspecified atom stereocenters. The quantitative estimate of drug-likeness (QED) is 0.339. The molecule has 1 saturated carbocycles. The van der Waals surface area contributed by atoms with Gasteiger partial charge in [0.2, 0.25) is 5.95 Å². The maximum absolute atomic E-state index is 15.2. The highest BCUT2D eigenvalue weighted by molar-refractivity contribution is 6.31. The van der Waals surface area contributed by atoms with Crippen LogP contribution in [0.2, 0.25) is 5.02 Å². The van der Waals surface area contributed by atoms with Crippen molar-refractivity contribution in [3.05, 3.63) is 87.7 Å². The summed E-state index contributed by atoms with van der Waals surface area (Å²) in [5.74, 6) is 0.392. The van der Waals surface area contributed by atoms with E-state index in [1.54, 1.807) is 47.0 Å². The average Bonchev–Trinajstić information content (AvgIpc) is 3.30. The molecular weight excluding hydrogens is 525 g/mol. The lowest BCUT2D eigenvalue weighted by molar-refractivity contribution is 0.460. The normalized spacial score (nSPS) is 19.4. The van der Waals surface area contributed by atoms with Crippen molar-refractivity contribution >= 4 is 28.4 Å². The molecule has 39 heavy (non-hydrogen) atoms. The van der Waals surface area contributed by atoms with Gasteiger partial charge in [0, 0.05) is 33.8 Å². The Balaban J connectivity index is 1.21. The van der Waals surface area contributed by atoms with Gasteiger partial charge in [0.15, 0.2) is 11.4 Å². The Morgan fingerprint density at radius 3 is 2.87 bits per heavy atom. The van der Waals surface area contributed by atoms with Gasteiger partial charge in [-0.3, -0.25) is 4.79 Å². The molecule has 0 radical (unpaired) electrons. The lowest BCUT2D eigenvalue weighted by atomic mass is 10.0. The van der Waals surface area contributed by atoms with Crippen molar-refractivity contribution in [2.45, 2.75) is 18.4 Å². The van der Waals surface area contributed by atoms with Crippen LogP contribution in [0.3, 0.4) is 0 Å². The number of nitrogens with zero attached hydrogens (tertiary/aromatic N) is 7. The fourth-order valence-corrected chi connectivity index (χ4v) is 5.95. The van der Waals surface area contributed by atoms with Crippen molar-refractivity contribution in [3.63, 3.8) is 0 Å². The van der Waals surface area contributed by atoms with Crippen molar-refractivity contribution in [1.29, 1.82) is 0 Å². The molecule has 6 aromatic rings.